The standard InChI is InChI=1S/C61H51N7O10/c1-35(69)73-34-53-58(75-36(2)70)59(76-37(3)71)60(77-38(4)72)61(78-53)74-33-43-32-68(67-66-43)44-22-20-42(21-23-44)57-51-30-28-49(64-51)55(40-16-10-6-11-17-40)47-26-24-45(62-47)54(39-14-8-5-9-15-39)46-25-27-48(63-46)56(41-18-12-7-13-19-41)50-29-31-52(57)65-50/h5-32,53,58-62,65H,33-34H2,1-4H3/t53-,58-,59+,60+,61?/m1/s1. The number of carbonyl (C=O) groups excluding carboxylic acids is 4. The van der Waals surface area contributed by atoms with E-state index in [1.165, 1.54) is 6.92 Å². The van der Waals surface area contributed by atoms with Crippen LogP contribution in [-0.2, 0) is 54.2 Å². The summed E-state index contributed by atoms with van der Waals surface area (Å²) in [6.07, 6.45) is 3.26. The zero-order valence-corrected chi connectivity index (χ0v) is 42.8. The van der Waals surface area contributed by atoms with Gasteiger partial charge in [-0.2, -0.15) is 0 Å². The monoisotopic (exact) mass is 1040 g/mol. The highest BCUT2D eigenvalue weighted by Gasteiger charge is 2.53. The minimum absolute atomic E-state index is 0.217. The third-order valence-corrected chi connectivity index (χ3v) is 13.2. The van der Waals surface area contributed by atoms with Gasteiger partial charge in [-0.1, -0.05) is 108 Å². The molecule has 8 bridgehead atoms. The van der Waals surface area contributed by atoms with Crippen LogP contribution in [0, 0.1) is 0 Å². The van der Waals surface area contributed by atoms with Crippen LogP contribution >= 0.6 is 0 Å². The van der Waals surface area contributed by atoms with Gasteiger partial charge in [0.2, 0.25) is 0 Å². The molecule has 1 fully saturated rings. The second-order valence-electron chi connectivity index (χ2n) is 18.7. The first-order chi connectivity index (χ1) is 37.9. The summed E-state index contributed by atoms with van der Waals surface area (Å²) in [4.78, 5) is 67.2. The molecule has 0 radical (unpaired) electrons. The van der Waals surface area contributed by atoms with E-state index < -0.39 is 61.2 Å². The summed E-state index contributed by atoms with van der Waals surface area (Å²) in [5.74, 6) is -2.88. The van der Waals surface area contributed by atoms with Gasteiger partial charge in [0.1, 0.15) is 18.4 Å². The summed E-state index contributed by atoms with van der Waals surface area (Å²) >= 11 is 0. The fourth-order valence-electron chi connectivity index (χ4n) is 10.00. The number of hydrogen-bond donors (Lipinski definition) is 2. The van der Waals surface area contributed by atoms with E-state index in [-0.39, 0.29) is 6.61 Å². The highest BCUT2D eigenvalue weighted by Crippen LogP contribution is 2.39. The van der Waals surface area contributed by atoms with Crippen molar-refractivity contribution < 1.29 is 47.6 Å². The molecule has 7 heterocycles. The molecule has 2 N–H and O–H groups in total. The van der Waals surface area contributed by atoms with Crippen LogP contribution in [-0.4, -0.2) is 96.1 Å². The first-order valence-corrected chi connectivity index (χ1v) is 25.2. The Labute approximate surface area is 447 Å². The number of rotatable bonds is 13. The summed E-state index contributed by atoms with van der Waals surface area (Å²) in [6.45, 7) is 4.05. The maximum absolute atomic E-state index is 12.4. The van der Waals surface area contributed by atoms with Gasteiger partial charge in [-0.3, -0.25) is 19.2 Å². The highest BCUT2D eigenvalue weighted by molar-refractivity contribution is 6.00. The molecule has 1 unspecified atom stereocenters. The predicted octanol–water partition coefficient (Wildman–Crippen LogP) is 10.5. The lowest BCUT2D eigenvalue weighted by molar-refractivity contribution is -0.310. The van der Waals surface area contributed by atoms with E-state index in [0.29, 0.717) is 11.4 Å². The van der Waals surface area contributed by atoms with Crippen molar-refractivity contribution in [3.8, 4) is 50.2 Å². The molecule has 390 valence electrons. The number of hydrogen-bond acceptors (Lipinski definition) is 14. The number of fused-ring (bicyclic) bond motifs is 8. The molecule has 0 saturated carbocycles. The van der Waals surface area contributed by atoms with Crippen molar-refractivity contribution in [3.63, 3.8) is 0 Å². The molecule has 4 aromatic heterocycles. The normalized spacial score (nSPS) is 17.6. The second kappa shape index (κ2) is 21.9. The minimum Gasteiger partial charge on any atom is -0.463 e. The van der Waals surface area contributed by atoms with E-state index in [1.807, 2.05) is 84.9 Å². The molecule has 3 aliphatic rings. The van der Waals surface area contributed by atoms with Gasteiger partial charge in [0.25, 0.3) is 0 Å². The average molecular weight is 1040 g/mol. The Hall–Kier alpha value is -9.58. The Morgan fingerprint density at radius 1 is 0.500 bits per heavy atom. The fourth-order valence-corrected chi connectivity index (χ4v) is 10.00. The number of H-pyrrole nitrogens is 2. The van der Waals surface area contributed by atoms with Gasteiger partial charge in [0.05, 0.1) is 41.3 Å². The number of nitrogens with one attached hydrogen (secondary N) is 2. The van der Waals surface area contributed by atoms with E-state index in [1.54, 1.807) is 10.9 Å². The van der Waals surface area contributed by atoms with Crippen molar-refractivity contribution in [3.05, 3.63) is 174 Å². The predicted molar refractivity (Wildman–Crippen MR) is 292 cm³/mol. The lowest BCUT2D eigenvalue weighted by Crippen LogP contribution is -2.62. The number of ether oxygens (including phenoxy) is 6. The summed E-state index contributed by atoms with van der Waals surface area (Å²) < 4.78 is 35.6. The second-order valence-corrected chi connectivity index (χ2v) is 18.7. The van der Waals surface area contributed by atoms with E-state index >= 15 is 0 Å². The van der Waals surface area contributed by atoms with E-state index in [9.17, 15) is 19.2 Å². The van der Waals surface area contributed by atoms with Gasteiger partial charge in [-0.05, 0) is 83.0 Å². The quantitative estimate of drug-likeness (QED) is 0.0813. The average Bonchev–Trinajstić information content (AvgIpc) is 4.36. The molecule has 5 atom stereocenters. The third kappa shape index (κ3) is 10.6. The molecule has 0 spiro atoms. The summed E-state index contributed by atoms with van der Waals surface area (Å²) in [5, 5.41) is 8.73. The van der Waals surface area contributed by atoms with Crippen LogP contribution in [0.4, 0.5) is 0 Å². The van der Waals surface area contributed by atoms with E-state index in [4.69, 9.17) is 38.4 Å². The summed E-state index contributed by atoms with van der Waals surface area (Å²) in [5.41, 5.74) is 15.3. The number of aromatic amines is 2. The van der Waals surface area contributed by atoms with Crippen LogP contribution in [0.2, 0.25) is 0 Å². The van der Waals surface area contributed by atoms with Crippen molar-refractivity contribution in [2.45, 2.75) is 65.0 Å². The zero-order valence-electron chi connectivity index (χ0n) is 42.8. The number of carbonyl (C=O) groups is 4. The molecule has 8 aromatic rings. The highest BCUT2D eigenvalue weighted by atomic mass is 16.7. The number of benzene rings is 4. The van der Waals surface area contributed by atoms with Gasteiger partial charge in [-0.15, -0.1) is 5.10 Å². The maximum atomic E-state index is 12.4. The number of esters is 4. The Bertz CT molecular complexity index is 3780. The van der Waals surface area contributed by atoms with Gasteiger partial charge in [0, 0.05) is 72.0 Å². The van der Waals surface area contributed by atoms with Gasteiger partial charge >= 0.3 is 23.9 Å². The Kier molecular flexibility index (Phi) is 14.2. The first kappa shape index (κ1) is 50.6. The van der Waals surface area contributed by atoms with Gasteiger partial charge in [-0.25, -0.2) is 14.6 Å². The molecule has 17 nitrogen and oxygen atoms in total. The minimum atomic E-state index is -1.40. The van der Waals surface area contributed by atoms with Crippen LogP contribution in [0.5, 0.6) is 0 Å². The van der Waals surface area contributed by atoms with Crippen molar-refractivity contribution >= 4 is 70.2 Å². The maximum Gasteiger partial charge on any atom is 0.303 e. The Morgan fingerprint density at radius 3 is 1.33 bits per heavy atom. The Morgan fingerprint density at radius 2 is 0.910 bits per heavy atom. The topological polar surface area (TPSA) is 212 Å². The summed E-state index contributed by atoms with van der Waals surface area (Å²) in [6, 6.07) is 47.0. The lowest BCUT2D eigenvalue weighted by Gasteiger charge is -2.43. The molecule has 1 saturated heterocycles. The molecule has 78 heavy (non-hydrogen) atoms. The van der Waals surface area contributed by atoms with Crippen LogP contribution < -0.4 is 0 Å². The third-order valence-electron chi connectivity index (χ3n) is 13.2. The Balaban J connectivity index is 0.989. The van der Waals surface area contributed by atoms with Crippen molar-refractivity contribution in [1.82, 2.24) is 34.9 Å². The van der Waals surface area contributed by atoms with Crippen LogP contribution in [0.1, 0.15) is 56.2 Å². The molecule has 17 heteroatoms. The van der Waals surface area contributed by atoms with Crippen LogP contribution in [0.15, 0.2) is 146 Å². The SMILES string of the molecule is CC(=O)OC[C@H]1OC(OCc2cn(-c3ccc(-c4c5nc(c(-c6ccccc6)c6ccc([nH]6)c(-c6ccccc6)c6nc(c(-c7ccccc7)c7ccc4[nH]7)C=C6)C=C5)cc3)nn2)[C@@H](OC(C)=O)[C@@H](OC(C)=O)[C@@H]1OC(C)=O. The van der Waals surface area contributed by atoms with E-state index in [2.05, 4.69) is 99.2 Å². The van der Waals surface area contributed by atoms with Gasteiger partial charge in [0.15, 0.2) is 24.6 Å². The van der Waals surface area contributed by atoms with Crippen molar-refractivity contribution in [1.29, 1.82) is 0 Å². The number of aromatic nitrogens is 7. The molecule has 0 amide bonds. The van der Waals surface area contributed by atoms with Crippen LogP contribution in [0.3, 0.4) is 0 Å². The molecule has 3 aliphatic heterocycles. The molecule has 4 aromatic carbocycles. The molecule has 11 rings (SSSR count). The first-order valence-electron chi connectivity index (χ1n) is 25.2. The lowest BCUT2D eigenvalue weighted by atomic mass is 9.98. The van der Waals surface area contributed by atoms with Crippen molar-refractivity contribution in [2.75, 3.05) is 6.61 Å². The fraction of sp³-hybridized carbons (Fsp3) is 0.180. The van der Waals surface area contributed by atoms with Gasteiger partial charge < -0.3 is 38.4 Å². The largest absolute Gasteiger partial charge is 0.463 e. The molecular formula is C61H51N7O10. The van der Waals surface area contributed by atoms with Crippen LogP contribution in [0.25, 0.3) is 96.6 Å². The number of nitrogens with zero attached hydrogens (tertiary/aromatic N) is 5. The molecule has 0 aliphatic carbocycles. The smallest absolute Gasteiger partial charge is 0.303 e. The van der Waals surface area contributed by atoms with E-state index in [0.717, 1.165) is 110 Å². The van der Waals surface area contributed by atoms with Crippen molar-refractivity contribution in [2.24, 2.45) is 0 Å². The molecular weight excluding hydrogens is 991 g/mol. The summed E-state index contributed by atoms with van der Waals surface area (Å²) in [7, 11) is 0. The zero-order chi connectivity index (χ0) is 53.9.